The summed E-state index contributed by atoms with van der Waals surface area (Å²) in [6, 6.07) is 9.76. The first-order valence-electron chi connectivity index (χ1n) is 8.58. The van der Waals surface area contributed by atoms with Gasteiger partial charge in [0.1, 0.15) is 4.83 Å². The van der Waals surface area contributed by atoms with Crippen LogP contribution < -0.4 is 16.4 Å². The molecule has 0 saturated heterocycles. The number of hydrogen-bond acceptors (Lipinski definition) is 5. The Kier molecular flexibility index (Phi) is 4.24. The van der Waals surface area contributed by atoms with Crippen molar-refractivity contribution in [2.75, 3.05) is 0 Å². The lowest BCUT2D eigenvalue weighted by atomic mass is 10.1. The summed E-state index contributed by atoms with van der Waals surface area (Å²) in [5, 5.41) is 11.6. The summed E-state index contributed by atoms with van der Waals surface area (Å²) in [6.45, 7) is -0.324. The number of benzene rings is 1. The molecule has 0 unspecified atom stereocenters. The fourth-order valence-electron chi connectivity index (χ4n) is 3.61. The second-order valence-electron chi connectivity index (χ2n) is 6.47. The highest BCUT2D eigenvalue weighted by Gasteiger charge is 2.24. The van der Waals surface area contributed by atoms with Crippen molar-refractivity contribution in [3.63, 3.8) is 0 Å². The lowest BCUT2D eigenvalue weighted by Gasteiger charge is -2.13. The largest absolute Gasteiger partial charge is 0.548 e. The van der Waals surface area contributed by atoms with Crippen molar-refractivity contribution in [3.8, 4) is 0 Å². The molecule has 0 amide bonds. The van der Waals surface area contributed by atoms with Crippen LogP contribution in [-0.2, 0) is 37.1 Å². The number of nitrogens with zero attached hydrogens (tertiary/aromatic N) is 2. The quantitative estimate of drug-likeness (QED) is 0.663. The van der Waals surface area contributed by atoms with Gasteiger partial charge in [0.05, 0.1) is 17.9 Å². The summed E-state index contributed by atoms with van der Waals surface area (Å²) in [5.41, 5.74) is 0.969. The standard InChI is InChI=1S/C19H18N2O4S/c22-15(23)11-21-17(24)16-13-7-4-8-14(13)26-18(16)20(19(21)25)10-9-12-5-2-1-3-6-12/h1-3,5-6H,4,7-11H2,(H,22,23)/p-1. The lowest BCUT2D eigenvalue weighted by Crippen LogP contribution is -2.44. The molecule has 0 saturated carbocycles. The zero-order valence-corrected chi connectivity index (χ0v) is 14.9. The van der Waals surface area contributed by atoms with Crippen molar-refractivity contribution in [1.82, 2.24) is 9.13 Å². The molecule has 0 bridgehead atoms. The Morgan fingerprint density at radius 3 is 2.62 bits per heavy atom. The Morgan fingerprint density at radius 1 is 1.12 bits per heavy atom. The maximum atomic E-state index is 12.8. The molecular weight excluding hydrogens is 352 g/mol. The third kappa shape index (κ3) is 2.78. The van der Waals surface area contributed by atoms with Crippen LogP contribution in [0.15, 0.2) is 39.9 Å². The molecular formula is C19H17N2O4S-. The molecule has 4 rings (SSSR count). The number of carboxylic acids is 1. The fraction of sp³-hybridized carbons (Fsp3) is 0.316. The molecule has 0 fully saturated rings. The number of carboxylic acid groups (broad SMARTS) is 1. The molecule has 1 aliphatic rings. The highest BCUT2D eigenvalue weighted by Crippen LogP contribution is 2.35. The molecule has 6 nitrogen and oxygen atoms in total. The van der Waals surface area contributed by atoms with Crippen LogP contribution in [0.5, 0.6) is 0 Å². The molecule has 26 heavy (non-hydrogen) atoms. The molecule has 3 aromatic rings. The van der Waals surface area contributed by atoms with Crippen LogP contribution in [0.25, 0.3) is 10.2 Å². The van der Waals surface area contributed by atoms with E-state index in [0.29, 0.717) is 23.2 Å². The van der Waals surface area contributed by atoms with E-state index in [1.165, 1.54) is 11.3 Å². The minimum atomic E-state index is -1.44. The number of aromatic nitrogens is 2. The van der Waals surface area contributed by atoms with E-state index in [2.05, 4.69) is 0 Å². The van der Waals surface area contributed by atoms with Crippen molar-refractivity contribution in [3.05, 3.63) is 67.2 Å². The molecule has 1 aromatic carbocycles. The monoisotopic (exact) mass is 369 g/mol. The number of fused-ring (bicyclic) bond motifs is 3. The summed E-state index contributed by atoms with van der Waals surface area (Å²) >= 11 is 1.49. The van der Waals surface area contributed by atoms with Gasteiger partial charge in [0.25, 0.3) is 5.56 Å². The van der Waals surface area contributed by atoms with Crippen LogP contribution in [0.1, 0.15) is 22.4 Å². The highest BCUT2D eigenvalue weighted by molar-refractivity contribution is 7.18. The van der Waals surface area contributed by atoms with Crippen LogP contribution in [0.2, 0.25) is 0 Å². The van der Waals surface area contributed by atoms with Crippen molar-refractivity contribution in [1.29, 1.82) is 0 Å². The zero-order valence-electron chi connectivity index (χ0n) is 14.1. The number of thiophene rings is 1. The molecule has 0 spiro atoms. The van der Waals surface area contributed by atoms with E-state index in [9.17, 15) is 19.5 Å². The first kappa shape index (κ1) is 16.8. The van der Waals surface area contributed by atoms with Gasteiger partial charge in [0, 0.05) is 11.4 Å². The number of carbonyl (C=O) groups excluding carboxylic acids is 1. The van der Waals surface area contributed by atoms with E-state index in [1.54, 1.807) is 4.57 Å². The van der Waals surface area contributed by atoms with Gasteiger partial charge in [-0.1, -0.05) is 30.3 Å². The van der Waals surface area contributed by atoms with Gasteiger partial charge in [0.2, 0.25) is 0 Å². The van der Waals surface area contributed by atoms with Gasteiger partial charge in [-0.05, 0) is 36.8 Å². The number of carbonyl (C=O) groups is 1. The molecule has 134 valence electrons. The Hall–Kier alpha value is -2.67. The predicted octanol–water partition coefficient (Wildman–Crippen LogP) is 0.706. The highest BCUT2D eigenvalue weighted by atomic mass is 32.1. The third-order valence-electron chi connectivity index (χ3n) is 4.82. The van der Waals surface area contributed by atoms with Crippen molar-refractivity contribution in [2.45, 2.75) is 38.8 Å². The maximum Gasteiger partial charge on any atom is 0.332 e. The van der Waals surface area contributed by atoms with E-state index in [1.807, 2.05) is 30.3 Å². The number of hydrogen-bond donors (Lipinski definition) is 0. The minimum absolute atomic E-state index is 0.395. The van der Waals surface area contributed by atoms with Gasteiger partial charge in [-0.2, -0.15) is 0 Å². The second-order valence-corrected chi connectivity index (χ2v) is 7.55. The van der Waals surface area contributed by atoms with Crippen LogP contribution >= 0.6 is 11.3 Å². The first-order chi connectivity index (χ1) is 12.6. The van der Waals surface area contributed by atoms with Crippen LogP contribution in [-0.4, -0.2) is 15.1 Å². The molecule has 0 radical (unpaired) electrons. The molecule has 1 aliphatic carbocycles. The summed E-state index contributed by atoms with van der Waals surface area (Å²) in [6.07, 6.45) is 3.32. The zero-order chi connectivity index (χ0) is 18.3. The fourth-order valence-corrected chi connectivity index (χ4v) is 5.01. The predicted molar refractivity (Wildman–Crippen MR) is 97.5 cm³/mol. The van der Waals surface area contributed by atoms with Crippen LogP contribution in [0.3, 0.4) is 0 Å². The average Bonchev–Trinajstić information content (AvgIpc) is 3.20. The Bertz CT molecular complexity index is 1110. The topological polar surface area (TPSA) is 84.1 Å². The molecule has 2 heterocycles. The van der Waals surface area contributed by atoms with E-state index < -0.39 is 23.8 Å². The van der Waals surface area contributed by atoms with Crippen molar-refractivity contribution in [2.24, 2.45) is 0 Å². The smallest absolute Gasteiger partial charge is 0.332 e. The summed E-state index contributed by atoms with van der Waals surface area (Å²) < 4.78 is 2.35. The van der Waals surface area contributed by atoms with E-state index >= 15 is 0 Å². The van der Waals surface area contributed by atoms with Gasteiger partial charge < -0.3 is 9.90 Å². The molecule has 0 N–H and O–H groups in total. The molecule has 7 heteroatoms. The van der Waals surface area contributed by atoms with E-state index in [4.69, 9.17) is 0 Å². The Morgan fingerprint density at radius 2 is 1.88 bits per heavy atom. The number of aliphatic carboxylic acids is 1. The van der Waals surface area contributed by atoms with Gasteiger partial charge in [-0.15, -0.1) is 11.3 Å². The first-order valence-corrected chi connectivity index (χ1v) is 9.39. The van der Waals surface area contributed by atoms with Gasteiger partial charge in [-0.3, -0.25) is 13.9 Å². The average molecular weight is 369 g/mol. The Balaban J connectivity index is 1.88. The van der Waals surface area contributed by atoms with Gasteiger partial charge in [0.15, 0.2) is 0 Å². The third-order valence-corrected chi connectivity index (χ3v) is 6.14. The number of rotatable bonds is 5. The summed E-state index contributed by atoms with van der Waals surface area (Å²) in [7, 11) is 0. The van der Waals surface area contributed by atoms with Crippen molar-refractivity contribution < 1.29 is 9.90 Å². The molecule has 0 aliphatic heterocycles. The normalized spacial score (nSPS) is 13.2. The molecule has 0 atom stereocenters. The Labute approximate surface area is 152 Å². The van der Waals surface area contributed by atoms with Gasteiger partial charge in [-0.25, -0.2) is 4.79 Å². The van der Waals surface area contributed by atoms with Crippen LogP contribution in [0.4, 0.5) is 0 Å². The van der Waals surface area contributed by atoms with Crippen molar-refractivity contribution >= 4 is 27.5 Å². The minimum Gasteiger partial charge on any atom is -0.548 e. The van der Waals surface area contributed by atoms with Gasteiger partial charge >= 0.3 is 5.69 Å². The van der Waals surface area contributed by atoms with Crippen LogP contribution in [0, 0.1) is 0 Å². The summed E-state index contributed by atoms with van der Waals surface area (Å²) in [5.74, 6) is -1.44. The second kappa shape index (κ2) is 6.57. The summed E-state index contributed by atoms with van der Waals surface area (Å²) in [4.78, 5) is 38.5. The SMILES string of the molecule is O=C([O-])Cn1c(=O)c2c3c(sc2n(CCc2ccccc2)c1=O)CCC3. The lowest BCUT2D eigenvalue weighted by molar-refractivity contribution is -0.306. The van der Waals surface area contributed by atoms with E-state index in [0.717, 1.165) is 39.8 Å². The van der Waals surface area contributed by atoms with E-state index in [-0.39, 0.29) is 0 Å². The molecule has 2 aromatic heterocycles. The number of aryl methyl sites for hydroxylation is 4. The maximum absolute atomic E-state index is 12.8.